The molecule has 1 amide bonds. The first-order chi connectivity index (χ1) is 14.9. The molecule has 0 radical (unpaired) electrons. The lowest BCUT2D eigenvalue weighted by Gasteiger charge is -2.31. The predicted molar refractivity (Wildman–Crippen MR) is 111 cm³/mol. The van der Waals surface area contributed by atoms with Gasteiger partial charge in [-0.25, -0.2) is 18.1 Å². The van der Waals surface area contributed by atoms with Crippen LogP contribution in [0.4, 0.5) is 0 Å². The summed E-state index contributed by atoms with van der Waals surface area (Å²) in [5, 5.41) is 10.8. The van der Waals surface area contributed by atoms with Crippen LogP contribution in [0.1, 0.15) is 29.9 Å². The molecular formula is C20H24N6O4S. The van der Waals surface area contributed by atoms with E-state index in [-0.39, 0.29) is 23.1 Å². The smallest absolute Gasteiger partial charge is 0.248 e. The molecule has 2 aromatic heterocycles. The number of hydrogen-bond acceptors (Lipinski definition) is 7. The molecule has 0 spiro atoms. The fourth-order valence-electron chi connectivity index (χ4n) is 3.79. The molecule has 31 heavy (non-hydrogen) atoms. The lowest BCUT2D eigenvalue weighted by atomic mass is 9.99. The standard InChI is InChI=1S/C20H24N6O4S/c1-14-19(15(2)30-24-14)31(28,29)25-9-3-4-17(11-25)20(27)22-10-16-5-7-18(8-6-16)26-13-21-12-23-26/h5-8,12-13,17H,3-4,9-11H2,1-2H3,(H,22,27). The molecule has 11 heteroatoms. The minimum atomic E-state index is -3.76. The minimum Gasteiger partial charge on any atom is -0.360 e. The highest BCUT2D eigenvalue weighted by Gasteiger charge is 2.36. The molecule has 164 valence electrons. The minimum absolute atomic E-state index is 0.0982. The third kappa shape index (κ3) is 4.37. The van der Waals surface area contributed by atoms with Crippen molar-refractivity contribution >= 4 is 15.9 Å². The van der Waals surface area contributed by atoms with Gasteiger partial charge in [0.25, 0.3) is 0 Å². The summed E-state index contributed by atoms with van der Waals surface area (Å²) in [6.07, 6.45) is 4.34. The summed E-state index contributed by atoms with van der Waals surface area (Å²) in [5.41, 5.74) is 2.15. The van der Waals surface area contributed by atoms with Gasteiger partial charge in [-0.2, -0.15) is 9.40 Å². The fourth-order valence-corrected chi connectivity index (χ4v) is 5.60. The summed E-state index contributed by atoms with van der Waals surface area (Å²) in [6.45, 7) is 4.06. The number of piperidine rings is 1. The van der Waals surface area contributed by atoms with Crippen LogP contribution in [0.2, 0.25) is 0 Å². The Morgan fingerprint density at radius 2 is 2.03 bits per heavy atom. The average molecular weight is 445 g/mol. The first kappa shape index (κ1) is 21.2. The Morgan fingerprint density at radius 3 is 2.68 bits per heavy atom. The SMILES string of the molecule is Cc1noc(C)c1S(=O)(=O)N1CCCC(C(=O)NCc2ccc(-n3cncn3)cc2)C1. The van der Waals surface area contributed by atoms with Crippen LogP contribution in [0.3, 0.4) is 0 Å². The Morgan fingerprint density at radius 1 is 1.26 bits per heavy atom. The van der Waals surface area contributed by atoms with Crippen molar-refractivity contribution in [2.24, 2.45) is 5.92 Å². The van der Waals surface area contributed by atoms with E-state index in [2.05, 4.69) is 20.6 Å². The van der Waals surface area contributed by atoms with Crippen LogP contribution in [-0.4, -0.2) is 51.6 Å². The van der Waals surface area contributed by atoms with Crippen molar-refractivity contribution in [1.82, 2.24) is 29.5 Å². The number of carbonyl (C=O) groups is 1. The normalized spacial score (nSPS) is 17.5. The maximum Gasteiger partial charge on any atom is 0.248 e. The highest BCUT2D eigenvalue weighted by molar-refractivity contribution is 7.89. The van der Waals surface area contributed by atoms with Crippen LogP contribution in [0.5, 0.6) is 0 Å². The van der Waals surface area contributed by atoms with Crippen LogP contribution in [0.15, 0.2) is 46.3 Å². The number of nitrogens with zero attached hydrogens (tertiary/aromatic N) is 5. The van der Waals surface area contributed by atoms with Gasteiger partial charge in [0.15, 0.2) is 5.76 Å². The number of nitrogens with one attached hydrogen (secondary N) is 1. The Labute approximate surface area is 180 Å². The van der Waals surface area contributed by atoms with E-state index in [9.17, 15) is 13.2 Å². The number of sulfonamides is 1. The predicted octanol–water partition coefficient (Wildman–Crippen LogP) is 1.59. The Balaban J connectivity index is 1.38. The average Bonchev–Trinajstić information content (AvgIpc) is 3.42. The van der Waals surface area contributed by atoms with Crippen molar-refractivity contribution in [2.75, 3.05) is 13.1 Å². The van der Waals surface area contributed by atoms with Crippen LogP contribution in [-0.2, 0) is 21.4 Å². The van der Waals surface area contributed by atoms with Crippen LogP contribution < -0.4 is 5.32 Å². The van der Waals surface area contributed by atoms with Gasteiger partial charge in [0.05, 0.1) is 11.6 Å². The zero-order chi connectivity index (χ0) is 22.0. The Hall–Kier alpha value is -3.05. The van der Waals surface area contributed by atoms with E-state index in [0.29, 0.717) is 31.6 Å². The number of carbonyl (C=O) groups excluding carboxylic acids is 1. The quantitative estimate of drug-likeness (QED) is 0.612. The first-order valence-corrected chi connectivity index (χ1v) is 11.4. The number of rotatable bonds is 6. The molecule has 3 heterocycles. The van der Waals surface area contributed by atoms with Crippen LogP contribution in [0, 0.1) is 19.8 Å². The molecule has 1 atom stereocenters. The van der Waals surface area contributed by atoms with E-state index in [0.717, 1.165) is 11.3 Å². The van der Waals surface area contributed by atoms with Crippen molar-refractivity contribution in [2.45, 2.75) is 38.1 Å². The van der Waals surface area contributed by atoms with Gasteiger partial charge in [-0.05, 0) is 44.4 Å². The molecule has 1 unspecified atom stereocenters. The number of hydrogen-bond donors (Lipinski definition) is 1. The summed E-state index contributed by atoms with van der Waals surface area (Å²) >= 11 is 0. The number of benzene rings is 1. The zero-order valence-corrected chi connectivity index (χ0v) is 18.2. The molecule has 1 aromatic carbocycles. The van der Waals surface area contributed by atoms with Crippen LogP contribution >= 0.6 is 0 Å². The van der Waals surface area contributed by atoms with Gasteiger partial charge in [0.2, 0.25) is 15.9 Å². The molecule has 1 aliphatic heterocycles. The second kappa shape index (κ2) is 8.60. The summed E-state index contributed by atoms with van der Waals surface area (Å²) < 4.78 is 34.1. The van der Waals surface area contributed by atoms with E-state index >= 15 is 0 Å². The highest BCUT2D eigenvalue weighted by atomic mass is 32.2. The molecule has 3 aromatic rings. The van der Waals surface area contributed by atoms with Gasteiger partial charge in [-0.1, -0.05) is 17.3 Å². The van der Waals surface area contributed by atoms with Crippen molar-refractivity contribution < 1.29 is 17.7 Å². The van der Waals surface area contributed by atoms with Gasteiger partial charge < -0.3 is 9.84 Å². The maximum atomic E-state index is 13.0. The lowest BCUT2D eigenvalue weighted by molar-refractivity contribution is -0.126. The number of aromatic nitrogens is 4. The van der Waals surface area contributed by atoms with Crippen LogP contribution in [0.25, 0.3) is 5.69 Å². The van der Waals surface area contributed by atoms with Crippen molar-refractivity contribution in [3.63, 3.8) is 0 Å². The van der Waals surface area contributed by atoms with Gasteiger partial charge in [-0.3, -0.25) is 4.79 Å². The summed E-state index contributed by atoms with van der Waals surface area (Å²) in [4.78, 5) is 16.8. The van der Waals surface area contributed by atoms with E-state index in [4.69, 9.17) is 4.52 Å². The molecule has 1 fully saturated rings. The molecule has 0 saturated carbocycles. The molecule has 1 N–H and O–H groups in total. The topological polar surface area (TPSA) is 123 Å². The summed E-state index contributed by atoms with van der Waals surface area (Å²) in [5.74, 6) is -0.296. The van der Waals surface area contributed by atoms with Crippen molar-refractivity contribution in [1.29, 1.82) is 0 Å². The van der Waals surface area contributed by atoms with Gasteiger partial charge in [-0.15, -0.1) is 0 Å². The monoisotopic (exact) mass is 444 g/mol. The molecule has 10 nitrogen and oxygen atoms in total. The Kier molecular flexibility index (Phi) is 5.88. The lowest BCUT2D eigenvalue weighted by Crippen LogP contribution is -2.45. The van der Waals surface area contributed by atoms with Crippen molar-refractivity contribution in [3.8, 4) is 5.69 Å². The molecule has 0 bridgehead atoms. The van der Waals surface area contributed by atoms with E-state index < -0.39 is 15.9 Å². The Bertz CT molecular complexity index is 1140. The third-order valence-corrected chi connectivity index (χ3v) is 7.52. The maximum absolute atomic E-state index is 13.0. The molecule has 1 saturated heterocycles. The summed E-state index contributed by atoms with van der Waals surface area (Å²) in [7, 11) is -3.76. The molecule has 0 aliphatic carbocycles. The second-order valence-corrected chi connectivity index (χ2v) is 9.45. The molecule has 4 rings (SSSR count). The molecular weight excluding hydrogens is 420 g/mol. The highest BCUT2D eigenvalue weighted by Crippen LogP contribution is 2.27. The van der Waals surface area contributed by atoms with Gasteiger partial charge >= 0.3 is 0 Å². The van der Waals surface area contributed by atoms with E-state index in [1.807, 2.05) is 24.3 Å². The zero-order valence-electron chi connectivity index (χ0n) is 17.4. The molecule has 1 aliphatic rings. The largest absolute Gasteiger partial charge is 0.360 e. The third-order valence-electron chi connectivity index (χ3n) is 5.41. The second-order valence-electron chi connectivity index (χ2n) is 7.58. The van der Waals surface area contributed by atoms with E-state index in [1.165, 1.54) is 10.6 Å². The summed E-state index contributed by atoms with van der Waals surface area (Å²) in [6, 6.07) is 7.61. The van der Waals surface area contributed by atoms with Crippen molar-refractivity contribution in [3.05, 3.63) is 53.9 Å². The van der Waals surface area contributed by atoms with E-state index in [1.54, 1.807) is 24.9 Å². The van der Waals surface area contributed by atoms with Gasteiger partial charge in [0.1, 0.15) is 23.2 Å². The number of aryl methyl sites for hydroxylation is 2. The number of amides is 1. The first-order valence-electron chi connectivity index (χ1n) is 10.0. The van der Waals surface area contributed by atoms with Gasteiger partial charge in [0, 0.05) is 19.6 Å². The fraction of sp³-hybridized carbons (Fsp3) is 0.400.